The van der Waals surface area contributed by atoms with Crippen LogP contribution in [0.2, 0.25) is 0 Å². The van der Waals surface area contributed by atoms with Crippen LogP contribution >= 0.6 is 11.8 Å². The molecule has 0 saturated heterocycles. The van der Waals surface area contributed by atoms with Crippen LogP contribution in [0.25, 0.3) is 0 Å². The first-order valence-corrected chi connectivity index (χ1v) is 10.5. The number of aromatic nitrogens is 2. The molecule has 140 valence electrons. The van der Waals surface area contributed by atoms with Crippen molar-refractivity contribution >= 4 is 17.7 Å². The number of nitrogens with one attached hydrogen (secondary N) is 1. The molecule has 5 nitrogen and oxygen atoms in total. The molecule has 1 amide bonds. The summed E-state index contributed by atoms with van der Waals surface area (Å²) >= 11 is 1.67. The second-order valence-electron chi connectivity index (χ2n) is 7.24. The topological polar surface area (TPSA) is 50.2 Å². The van der Waals surface area contributed by atoms with Gasteiger partial charge in [0.1, 0.15) is 0 Å². The van der Waals surface area contributed by atoms with Gasteiger partial charge >= 0.3 is 0 Å². The van der Waals surface area contributed by atoms with Crippen LogP contribution in [-0.2, 0) is 19.6 Å². The SMILES string of the molecule is CSc1ccc(C(=O)NCc2cc3n(n2)CCCN(CC(C)C)C3)cc1. The van der Waals surface area contributed by atoms with Crippen LogP contribution in [0.4, 0.5) is 0 Å². The van der Waals surface area contributed by atoms with Gasteiger partial charge in [-0.05, 0) is 48.9 Å². The monoisotopic (exact) mass is 372 g/mol. The van der Waals surface area contributed by atoms with Crippen LogP contribution < -0.4 is 5.32 Å². The van der Waals surface area contributed by atoms with Gasteiger partial charge in [0.2, 0.25) is 0 Å². The Bertz CT molecular complexity index is 739. The average molecular weight is 373 g/mol. The number of rotatable bonds is 6. The molecule has 0 unspecified atom stereocenters. The fourth-order valence-corrected chi connectivity index (χ4v) is 3.77. The molecule has 1 aromatic carbocycles. The van der Waals surface area contributed by atoms with E-state index >= 15 is 0 Å². The van der Waals surface area contributed by atoms with E-state index in [-0.39, 0.29) is 5.91 Å². The zero-order valence-electron chi connectivity index (χ0n) is 15.9. The first-order chi connectivity index (χ1) is 12.5. The summed E-state index contributed by atoms with van der Waals surface area (Å²) < 4.78 is 2.11. The number of thioether (sulfide) groups is 1. The van der Waals surface area contributed by atoms with Crippen molar-refractivity contribution < 1.29 is 4.79 Å². The maximum atomic E-state index is 12.3. The summed E-state index contributed by atoms with van der Waals surface area (Å²) in [6.07, 6.45) is 3.15. The molecule has 2 aromatic rings. The fraction of sp³-hybridized carbons (Fsp3) is 0.500. The molecule has 0 bridgehead atoms. The van der Waals surface area contributed by atoms with Gasteiger partial charge in [0.25, 0.3) is 5.91 Å². The maximum Gasteiger partial charge on any atom is 0.251 e. The number of carbonyl (C=O) groups is 1. The van der Waals surface area contributed by atoms with E-state index in [1.165, 1.54) is 5.69 Å². The van der Waals surface area contributed by atoms with Crippen molar-refractivity contribution in [1.29, 1.82) is 0 Å². The highest BCUT2D eigenvalue weighted by molar-refractivity contribution is 7.98. The smallest absolute Gasteiger partial charge is 0.251 e. The first kappa shape index (κ1) is 19.0. The largest absolute Gasteiger partial charge is 0.346 e. The van der Waals surface area contributed by atoms with E-state index < -0.39 is 0 Å². The predicted octanol–water partition coefficient (Wildman–Crippen LogP) is 3.40. The van der Waals surface area contributed by atoms with Gasteiger partial charge in [-0.1, -0.05) is 13.8 Å². The van der Waals surface area contributed by atoms with Crippen molar-refractivity contribution in [3.05, 3.63) is 47.3 Å². The lowest BCUT2D eigenvalue weighted by atomic mass is 10.2. The molecule has 2 heterocycles. The molecule has 6 heteroatoms. The van der Waals surface area contributed by atoms with Gasteiger partial charge in [0.05, 0.1) is 17.9 Å². The minimum atomic E-state index is -0.0534. The van der Waals surface area contributed by atoms with Crippen LogP contribution in [0.3, 0.4) is 0 Å². The summed E-state index contributed by atoms with van der Waals surface area (Å²) in [4.78, 5) is 16.0. The van der Waals surface area contributed by atoms with Crippen LogP contribution in [-0.4, -0.2) is 39.9 Å². The zero-order chi connectivity index (χ0) is 18.5. The quantitative estimate of drug-likeness (QED) is 0.790. The molecular weight excluding hydrogens is 344 g/mol. The first-order valence-electron chi connectivity index (χ1n) is 9.25. The van der Waals surface area contributed by atoms with Crippen LogP contribution in [0, 0.1) is 5.92 Å². The van der Waals surface area contributed by atoms with Crippen molar-refractivity contribution in [1.82, 2.24) is 20.0 Å². The molecule has 0 radical (unpaired) electrons. The Morgan fingerprint density at radius 3 is 2.73 bits per heavy atom. The normalized spacial score (nSPS) is 14.9. The lowest BCUT2D eigenvalue weighted by Crippen LogP contribution is -2.27. The van der Waals surface area contributed by atoms with Crippen LogP contribution in [0.15, 0.2) is 35.2 Å². The highest BCUT2D eigenvalue weighted by Gasteiger charge is 2.17. The number of aryl methyl sites for hydroxylation is 1. The molecule has 0 atom stereocenters. The molecule has 26 heavy (non-hydrogen) atoms. The highest BCUT2D eigenvalue weighted by atomic mass is 32.2. The number of nitrogens with zero attached hydrogens (tertiary/aromatic N) is 3. The zero-order valence-corrected chi connectivity index (χ0v) is 16.7. The number of fused-ring (bicyclic) bond motifs is 1. The molecule has 3 rings (SSSR count). The van der Waals surface area contributed by atoms with Crippen molar-refractivity contribution in [2.24, 2.45) is 5.92 Å². The maximum absolute atomic E-state index is 12.3. The van der Waals surface area contributed by atoms with Crippen molar-refractivity contribution in [2.45, 2.75) is 44.8 Å². The number of carbonyl (C=O) groups excluding carboxylic acids is 1. The third kappa shape index (κ3) is 4.89. The Morgan fingerprint density at radius 2 is 2.04 bits per heavy atom. The van der Waals surface area contributed by atoms with Crippen molar-refractivity contribution in [2.75, 3.05) is 19.3 Å². The average Bonchev–Trinajstić information content (AvgIpc) is 2.91. The molecule has 1 N–H and O–H groups in total. The van der Waals surface area contributed by atoms with Crippen LogP contribution in [0.1, 0.15) is 42.0 Å². The number of hydrogen-bond donors (Lipinski definition) is 1. The predicted molar refractivity (Wildman–Crippen MR) is 106 cm³/mol. The van der Waals surface area contributed by atoms with E-state index in [9.17, 15) is 4.79 Å². The Hall–Kier alpha value is -1.79. The lowest BCUT2D eigenvalue weighted by Gasteiger charge is -2.21. The molecule has 0 aliphatic carbocycles. The molecule has 1 aromatic heterocycles. The summed E-state index contributed by atoms with van der Waals surface area (Å²) in [6.45, 7) is 9.11. The second kappa shape index (κ2) is 8.73. The summed E-state index contributed by atoms with van der Waals surface area (Å²) in [7, 11) is 0. The lowest BCUT2D eigenvalue weighted by molar-refractivity contribution is 0.0950. The van der Waals surface area contributed by atoms with E-state index in [0.717, 1.165) is 43.2 Å². The van der Waals surface area contributed by atoms with E-state index in [1.54, 1.807) is 11.8 Å². The van der Waals surface area contributed by atoms with Gasteiger partial charge in [-0.2, -0.15) is 5.10 Å². The molecule has 1 aliphatic heterocycles. The standard InChI is InChI=1S/C20H28N4OS/c1-15(2)13-23-9-4-10-24-18(14-23)11-17(22-24)12-21-20(25)16-5-7-19(26-3)8-6-16/h5-8,11,15H,4,9-10,12-14H2,1-3H3,(H,21,25). The third-order valence-corrected chi connectivity index (χ3v) is 5.29. The molecular formula is C20H28N4OS. The van der Waals surface area contributed by atoms with Crippen molar-refractivity contribution in [3.63, 3.8) is 0 Å². The molecule has 0 saturated carbocycles. The van der Waals surface area contributed by atoms with E-state index in [4.69, 9.17) is 0 Å². The Labute approximate surface area is 160 Å². The van der Waals surface area contributed by atoms with Gasteiger partial charge in [-0.3, -0.25) is 14.4 Å². The van der Waals surface area contributed by atoms with Gasteiger partial charge in [-0.15, -0.1) is 11.8 Å². The van der Waals surface area contributed by atoms with Gasteiger partial charge in [0, 0.05) is 36.6 Å². The fourth-order valence-electron chi connectivity index (χ4n) is 3.36. The van der Waals surface area contributed by atoms with Crippen LogP contribution in [0.5, 0.6) is 0 Å². The Kier molecular flexibility index (Phi) is 6.38. The highest BCUT2D eigenvalue weighted by Crippen LogP contribution is 2.16. The third-order valence-electron chi connectivity index (χ3n) is 4.55. The summed E-state index contributed by atoms with van der Waals surface area (Å²) in [5.41, 5.74) is 2.86. The minimum absolute atomic E-state index is 0.0534. The number of hydrogen-bond acceptors (Lipinski definition) is 4. The second-order valence-corrected chi connectivity index (χ2v) is 8.12. The van der Waals surface area contributed by atoms with Crippen molar-refractivity contribution in [3.8, 4) is 0 Å². The van der Waals surface area contributed by atoms with Gasteiger partial charge < -0.3 is 5.32 Å². The summed E-state index contributed by atoms with van der Waals surface area (Å²) in [5.74, 6) is 0.614. The minimum Gasteiger partial charge on any atom is -0.346 e. The summed E-state index contributed by atoms with van der Waals surface area (Å²) in [5, 5.41) is 7.68. The van der Waals surface area contributed by atoms with E-state index in [1.807, 2.05) is 30.5 Å². The summed E-state index contributed by atoms with van der Waals surface area (Å²) in [6, 6.07) is 9.82. The molecule has 0 fully saturated rings. The molecule has 0 spiro atoms. The number of benzene rings is 1. The van der Waals surface area contributed by atoms with Gasteiger partial charge in [0.15, 0.2) is 0 Å². The Morgan fingerprint density at radius 1 is 1.27 bits per heavy atom. The van der Waals surface area contributed by atoms with Gasteiger partial charge in [-0.25, -0.2) is 0 Å². The Balaban J connectivity index is 1.60. The van der Waals surface area contributed by atoms with E-state index in [0.29, 0.717) is 18.0 Å². The molecule has 1 aliphatic rings. The number of amides is 1. The van der Waals surface area contributed by atoms with E-state index in [2.05, 4.69) is 39.9 Å².